The number of nitrogens with zero attached hydrogens (tertiary/aromatic N) is 3. The van der Waals surface area contributed by atoms with Gasteiger partial charge in [-0.15, -0.1) is 11.3 Å². The second kappa shape index (κ2) is 5.93. The molecule has 0 bridgehead atoms. The fourth-order valence-electron chi connectivity index (χ4n) is 2.72. The zero-order chi connectivity index (χ0) is 17.6. The van der Waals surface area contributed by atoms with Crippen molar-refractivity contribution in [3.63, 3.8) is 0 Å². The minimum Gasteiger partial charge on any atom is -0.320 e. The molecule has 0 aliphatic rings. The highest BCUT2D eigenvalue weighted by Gasteiger charge is 2.14. The van der Waals surface area contributed by atoms with E-state index in [1.54, 1.807) is 30.6 Å². The highest BCUT2D eigenvalue weighted by Crippen LogP contribution is 2.28. The van der Waals surface area contributed by atoms with Gasteiger partial charge in [0.2, 0.25) is 0 Å². The molecule has 4 rings (SSSR count). The molecule has 1 N–H and O–H groups in total. The van der Waals surface area contributed by atoms with E-state index in [4.69, 9.17) is 0 Å². The number of aromatic nitrogens is 3. The maximum atomic E-state index is 13.8. The van der Waals surface area contributed by atoms with Crippen molar-refractivity contribution >= 4 is 44.1 Å². The Morgan fingerprint density at radius 3 is 2.88 bits per heavy atom. The van der Waals surface area contributed by atoms with Gasteiger partial charge in [0, 0.05) is 21.5 Å². The highest BCUT2D eigenvalue weighted by molar-refractivity contribution is 7.20. The summed E-state index contributed by atoms with van der Waals surface area (Å²) in [4.78, 5) is 17.3. The van der Waals surface area contributed by atoms with Crippen molar-refractivity contribution in [2.45, 2.75) is 19.9 Å². The molecule has 4 aromatic rings. The Balaban J connectivity index is 1.63. The quantitative estimate of drug-likeness (QED) is 0.584. The van der Waals surface area contributed by atoms with Crippen LogP contribution >= 0.6 is 11.3 Å². The van der Waals surface area contributed by atoms with E-state index < -0.39 is 0 Å². The number of benzene rings is 1. The molecule has 0 aliphatic heterocycles. The van der Waals surface area contributed by atoms with Crippen molar-refractivity contribution in [2.24, 2.45) is 0 Å². The second-order valence-electron chi connectivity index (χ2n) is 6.04. The van der Waals surface area contributed by atoms with E-state index in [-0.39, 0.29) is 17.8 Å². The lowest BCUT2D eigenvalue weighted by Gasteiger charge is -2.07. The number of anilines is 1. The number of carbonyl (C=O) groups is 1. The molecular formula is C18H15FN4OS. The van der Waals surface area contributed by atoms with Gasteiger partial charge in [-0.1, -0.05) is 6.07 Å². The summed E-state index contributed by atoms with van der Waals surface area (Å²) >= 11 is 1.26. The summed E-state index contributed by atoms with van der Waals surface area (Å²) in [5, 5.41) is 8.45. The first-order valence-corrected chi connectivity index (χ1v) is 8.67. The third kappa shape index (κ3) is 2.76. The lowest BCUT2D eigenvalue weighted by Crippen LogP contribution is -2.10. The van der Waals surface area contributed by atoms with Gasteiger partial charge in [0.1, 0.15) is 5.82 Å². The molecule has 126 valence electrons. The van der Waals surface area contributed by atoms with Gasteiger partial charge in [0.25, 0.3) is 5.91 Å². The minimum absolute atomic E-state index is 0.207. The zero-order valence-electron chi connectivity index (χ0n) is 13.7. The van der Waals surface area contributed by atoms with E-state index in [1.807, 2.05) is 24.6 Å². The molecule has 3 aromatic heterocycles. The Morgan fingerprint density at radius 1 is 1.28 bits per heavy atom. The minimum atomic E-state index is -0.322. The first-order valence-electron chi connectivity index (χ1n) is 7.85. The molecule has 0 atom stereocenters. The number of rotatable bonds is 3. The van der Waals surface area contributed by atoms with Crippen LogP contribution in [0.3, 0.4) is 0 Å². The first kappa shape index (κ1) is 15.7. The number of nitrogens with one attached hydrogen (secondary N) is 1. The molecule has 0 unspecified atom stereocenters. The Morgan fingerprint density at radius 2 is 2.12 bits per heavy atom. The Hall–Kier alpha value is -2.80. The van der Waals surface area contributed by atoms with Gasteiger partial charge >= 0.3 is 0 Å². The van der Waals surface area contributed by atoms with Crippen molar-refractivity contribution in [3.05, 3.63) is 53.4 Å². The summed E-state index contributed by atoms with van der Waals surface area (Å²) in [6.45, 7) is 4.06. The van der Waals surface area contributed by atoms with Crippen LogP contribution < -0.4 is 5.32 Å². The van der Waals surface area contributed by atoms with Crippen LogP contribution in [0.2, 0.25) is 0 Å². The Kier molecular flexibility index (Phi) is 3.73. The monoisotopic (exact) mass is 354 g/mol. The molecule has 0 saturated carbocycles. The first-order chi connectivity index (χ1) is 12.0. The van der Waals surface area contributed by atoms with E-state index in [1.165, 1.54) is 17.4 Å². The van der Waals surface area contributed by atoms with Gasteiger partial charge in [0.15, 0.2) is 5.65 Å². The predicted octanol–water partition coefficient (Wildman–Crippen LogP) is 4.62. The normalized spacial score (nSPS) is 11.5. The highest BCUT2D eigenvalue weighted by atomic mass is 32.1. The van der Waals surface area contributed by atoms with Crippen LogP contribution in [0.15, 0.2) is 42.7 Å². The Bertz CT molecular complexity index is 1100. The number of carbonyl (C=O) groups excluding carboxylic acids is 1. The van der Waals surface area contributed by atoms with Gasteiger partial charge in [0.05, 0.1) is 23.0 Å². The summed E-state index contributed by atoms with van der Waals surface area (Å²) in [5.41, 5.74) is 1.36. The average molecular weight is 354 g/mol. The molecule has 3 heterocycles. The zero-order valence-corrected chi connectivity index (χ0v) is 14.5. The van der Waals surface area contributed by atoms with E-state index in [0.29, 0.717) is 16.0 Å². The molecule has 0 fully saturated rings. The van der Waals surface area contributed by atoms with Crippen LogP contribution in [-0.2, 0) is 0 Å². The van der Waals surface area contributed by atoms with Crippen LogP contribution in [0.5, 0.6) is 0 Å². The lowest BCUT2D eigenvalue weighted by atomic mass is 10.2. The lowest BCUT2D eigenvalue weighted by molar-refractivity contribution is 0.103. The largest absolute Gasteiger partial charge is 0.320 e. The van der Waals surface area contributed by atoms with Crippen LogP contribution in [-0.4, -0.2) is 20.7 Å². The van der Waals surface area contributed by atoms with E-state index >= 15 is 0 Å². The van der Waals surface area contributed by atoms with Gasteiger partial charge < -0.3 is 5.32 Å². The fraction of sp³-hybridized carbons (Fsp3) is 0.167. The molecule has 7 heteroatoms. The number of fused-ring (bicyclic) bond motifs is 2. The van der Waals surface area contributed by atoms with Crippen molar-refractivity contribution in [2.75, 3.05) is 5.32 Å². The summed E-state index contributed by atoms with van der Waals surface area (Å²) < 4.78 is 16.4. The SMILES string of the molecule is CC(C)n1ncc2cc(NC(=O)c3cc4c(F)cccc4s3)cnc21. The topological polar surface area (TPSA) is 59.8 Å². The molecule has 0 aliphatic carbocycles. The van der Waals surface area contributed by atoms with Gasteiger partial charge in [-0.3, -0.25) is 4.79 Å². The van der Waals surface area contributed by atoms with Gasteiger partial charge in [-0.2, -0.15) is 5.10 Å². The second-order valence-corrected chi connectivity index (χ2v) is 7.12. The van der Waals surface area contributed by atoms with Crippen LogP contribution in [0.1, 0.15) is 29.6 Å². The van der Waals surface area contributed by atoms with Crippen LogP contribution in [0.4, 0.5) is 10.1 Å². The van der Waals surface area contributed by atoms with Crippen molar-refractivity contribution in [1.82, 2.24) is 14.8 Å². The number of thiophene rings is 1. The van der Waals surface area contributed by atoms with Crippen molar-refractivity contribution in [1.29, 1.82) is 0 Å². The van der Waals surface area contributed by atoms with Gasteiger partial charge in [-0.25, -0.2) is 14.1 Å². The number of halogens is 1. The molecule has 1 amide bonds. The molecule has 25 heavy (non-hydrogen) atoms. The summed E-state index contributed by atoms with van der Waals surface area (Å²) in [6.07, 6.45) is 3.33. The third-order valence-corrected chi connectivity index (χ3v) is 5.01. The average Bonchev–Trinajstić information content (AvgIpc) is 3.19. The molecule has 5 nitrogen and oxygen atoms in total. The number of hydrogen-bond acceptors (Lipinski definition) is 4. The fourth-order valence-corrected chi connectivity index (χ4v) is 3.69. The number of pyridine rings is 1. The van der Waals surface area contributed by atoms with E-state index in [0.717, 1.165) is 15.7 Å². The summed E-state index contributed by atoms with van der Waals surface area (Å²) in [7, 11) is 0. The molecule has 0 spiro atoms. The van der Waals surface area contributed by atoms with Crippen LogP contribution in [0.25, 0.3) is 21.1 Å². The molecule has 1 aromatic carbocycles. The van der Waals surface area contributed by atoms with Crippen molar-refractivity contribution in [3.8, 4) is 0 Å². The number of amides is 1. The van der Waals surface area contributed by atoms with E-state index in [2.05, 4.69) is 15.4 Å². The van der Waals surface area contributed by atoms with Crippen molar-refractivity contribution < 1.29 is 9.18 Å². The molecule has 0 radical (unpaired) electrons. The van der Waals surface area contributed by atoms with Crippen LogP contribution in [0, 0.1) is 5.82 Å². The molecule has 0 saturated heterocycles. The standard InChI is InChI=1S/C18H15FN4OS/c1-10(2)23-17-11(8-21-23)6-12(9-20-17)22-18(24)16-7-13-14(19)4-3-5-15(13)25-16/h3-10H,1-2H3,(H,22,24). The maximum Gasteiger partial charge on any atom is 0.265 e. The summed E-state index contributed by atoms with van der Waals surface area (Å²) in [6, 6.07) is 8.45. The predicted molar refractivity (Wildman–Crippen MR) is 97.6 cm³/mol. The van der Waals surface area contributed by atoms with E-state index in [9.17, 15) is 9.18 Å². The van der Waals surface area contributed by atoms with Gasteiger partial charge in [-0.05, 0) is 38.1 Å². The Labute approximate surface area is 147 Å². The smallest absolute Gasteiger partial charge is 0.265 e. The third-order valence-electron chi connectivity index (χ3n) is 3.91. The summed E-state index contributed by atoms with van der Waals surface area (Å²) in [5.74, 6) is -0.602. The number of hydrogen-bond donors (Lipinski definition) is 1. The molecular weight excluding hydrogens is 339 g/mol. The maximum absolute atomic E-state index is 13.8.